The Morgan fingerprint density at radius 1 is 1.14 bits per heavy atom. The van der Waals surface area contributed by atoms with Crippen molar-refractivity contribution in [3.8, 4) is 0 Å². The third kappa shape index (κ3) is 1.94. The van der Waals surface area contributed by atoms with Crippen LogP contribution in [0.2, 0.25) is 0 Å². The molecule has 0 bridgehead atoms. The summed E-state index contributed by atoms with van der Waals surface area (Å²) in [6.45, 7) is 2.33. The van der Waals surface area contributed by atoms with E-state index < -0.39 is 6.04 Å². The molecule has 6 heteroatoms. The Bertz CT molecular complexity index is 681. The standard InChI is InChI=1S/C16H17N3O3/c20-14-5-4-13(15(21)18-14)19-8-12-10(9-6-17-7-9)2-1-3-11(12)16(19)22/h1-3,9,13,17H,4-8H2,(H,18,20,21). The van der Waals surface area contributed by atoms with Crippen LogP contribution in [0, 0.1) is 0 Å². The van der Waals surface area contributed by atoms with E-state index in [-0.39, 0.29) is 24.1 Å². The van der Waals surface area contributed by atoms with Gasteiger partial charge in [-0.1, -0.05) is 12.1 Å². The summed E-state index contributed by atoms with van der Waals surface area (Å²) in [6.07, 6.45) is 0.695. The lowest BCUT2D eigenvalue weighted by Gasteiger charge is -2.30. The number of imide groups is 1. The highest BCUT2D eigenvalue weighted by atomic mass is 16.2. The molecule has 1 aromatic rings. The van der Waals surface area contributed by atoms with Gasteiger partial charge in [0.05, 0.1) is 0 Å². The molecule has 1 aromatic carbocycles. The molecule has 2 N–H and O–H groups in total. The van der Waals surface area contributed by atoms with E-state index in [4.69, 9.17) is 0 Å². The highest BCUT2D eigenvalue weighted by Gasteiger charge is 2.40. The van der Waals surface area contributed by atoms with Gasteiger partial charge in [0.15, 0.2) is 0 Å². The first-order chi connectivity index (χ1) is 10.6. The van der Waals surface area contributed by atoms with E-state index in [0.29, 0.717) is 24.4 Å². The second-order valence-corrected chi connectivity index (χ2v) is 6.13. The van der Waals surface area contributed by atoms with Crippen LogP contribution in [-0.4, -0.2) is 41.8 Å². The zero-order chi connectivity index (χ0) is 15.3. The third-order valence-corrected chi connectivity index (χ3v) is 4.84. The van der Waals surface area contributed by atoms with Crippen molar-refractivity contribution < 1.29 is 14.4 Å². The van der Waals surface area contributed by atoms with E-state index in [2.05, 4.69) is 16.7 Å². The van der Waals surface area contributed by atoms with Gasteiger partial charge in [-0.2, -0.15) is 0 Å². The molecule has 4 rings (SSSR count). The van der Waals surface area contributed by atoms with Crippen molar-refractivity contribution in [3.05, 3.63) is 34.9 Å². The fourth-order valence-corrected chi connectivity index (χ4v) is 3.50. The van der Waals surface area contributed by atoms with Gasteiger partial charge in [0, 0.05) is 37.5 Å². The number of carbonyl (C=O) groups is 3. The SMILES string of the molecule is O=C1CCC(N2Cc3c(cccc3C3CNC3)C2=O)C(=O)N1. The Morgan fingerprint density at radius 2 is 1.95 bits per heavy atom. The Morgan fingerprint density at radius 3 is 2.64 bits per heavy atom. The van der Waals surface area contributed by atoms with E-state index in [1.54, 1.807) is 4.90 Å². The molecule has 114 valence electrons. The van der Waals surface area contributed by atoms with E-state index in [1.165, 1.54) is 5.56 Å². The molecule has 1 atom stereocenters. The molecule has 0 radical (unpaired) electrons. The summed E-state index contributed by atoms with van der Waals surface area (Å²) in [7, 11) is 0. The summed E-state index contributed by atoms with van der Waals surface area (Å²) < 4.78 is 0. The number of benzene rings is 1. The number of nitrogens with zero attached hydrogens (tertiary/aromatic N) is 1. The molecule has 3 heterocycles. The van der Waals surface area contributed by atoms with Gasteiger partial charge in [-0.05, 0) is 23.6 Å². The minimum atomic E-state index is -0.537. The van der Waals surface area contributed by atoms with E-state index in [0.717, 1.165) is 18.7 Å². The molecule has 2 saturated heterocycles. The number of hydrogen-bond donors (Lipinski definition) is 2. The fraction of sp³-hybridized carbons (Fsp3) is 0.438. The lowest BCUT2D eigenvalue weighted by molar-refractivity contribution is -0.136. The number of fused-ring (bicyclic) bond motifs is 1. The van der Waals surface area contributed by atoms with Crippen LogP contribution in [0.4, 0.5) is 0 Å². The number of rotatable bonds is 2. The number of nitrogens with one attached hydrogen (secondary N) is 2. The molecule has 1 unspecified atom stereocenters. The summed E-state index contributed by atoms with van der Waals surface area (Å²) >= 11 is 0. The van der Waals surface area contributed by atoms with Crippen LogP contribution >= 0.6 is 0 Å². The summed E-state index contributed by atoms with van der Waals surface area (Å²) in [5.74, 6) is -0.265. The van der Waals surface area contributed by atoms with Crippen LogP contribution in [-0.2, 0) is 16.1 Å². The molecule has 0 aromatic heterocycles. The molecule has 3 aliphatic rings. The quantitative estimate of drug-likeness (QED) is 0.761. The molecule has 0 aliphatic carbocycles. The molecule has 0 saturated carbocycles. The molecular weight excluding hydrogens is 282 g/mol. The first kappa shape index (κ1) is 13.5. The maximum absolute atomic E-state index is 12.6. The van der Waals surface area contributed by atoms with Crippen LogP contribution < -0.4 is 10.6 Å². The van der Waals surface area contributed by atoms with Crippen LogP contribution in [0.1, 0.15) is 40.2 Å². The Hall–Kier alpha value is -2.21. The predicted octanol–water partition coefficient (Wildman–Crippen LogP) is 0.134. The second-order valence-electron chi connectivity index (χ2n) is 6.13. The van der Waals surface area contributed by atoms with E-state index >= 15 is 0 Å². The Labute approximate surface area is 127 Å². The zero-order valence-corrected chi connectivity index (χ0v) is 12.1. The topological polar surface area (TPSA) is 78.5 Å². The Balaban J connectivity index is 1.64. The first-order valence-corrected chi connectivity index (χ1v) is 7.62. The van der Waals surface area contributed by atoms with Crippen molar-refractivity contribution in [2.24, 2.45) is 0 Å². The summed E-state index contributed by atoms with van der Waals surface area (Å²) in [6, 6.07) is 5.29. The highest BCUT2D eigenvalue weighted by Crippen LogP contribution is 2.34. The van der Waals surface area contributed by atoms with Crippen LogP contribution in [0.5, 0.6) is 0 Å². The second kappa shape index (κ2) is 4.91. The van der Waals surface area contributed by atoms with Crippen molar-refractivity contribution >= 4 is 17.7 Å². The smallest absolute Gasteiger partial charge is 0.255 e. The Kier molecular flexibility index (Phi) is 3.00. The molecule has 22 heavy (non-hydrogen) atoms. The normalized spacial score (nSPS) is 25.0. The van der Waals surface area contributed by atoms with Crippen LogP contribution in [0.15, 0.2) is 18.2 Å². The largest absolute Gasteiger partial charge is 0.322 e. The van der Waals surface area contributed by atoms with Gasteiger partial charge in [-0.25, -0.2) is 0 Å². The van der Waals surface area contributed by atoms with Crippen molar-refractivity contribution in [1.82, 2.24) is 15.5 Å². The zero-order valence-electron chi connectivity index (χ0n) is 12.1. The van der Waals surface area contributed by atoms with Gasteiger partial charge in [-0.15, -0.1) is 0 Å². The average molecular weight is 299 g/mol. The molecule has 3 aliphatic heterocycles. The van der Waals surface area contributed by atoms with Gasteiger partial charge in [-0.3, -0.25) is 19.7 Å². The minimum Gasteiger partial charge on any atom is -0.322 e. The lowest BCUT2D eigenvalue weighted by atomic mass is 9.88. The monoisotopic (exact) mass is 299 g/mol. The van der Waals surface area contributed by atoms with Crippen molar-refractivity contribution in [2.45, 2.75) is 31.3 Å². The summed E-state index contributed by atoms with van der Waals surface area (Å²) in [5.41, 5.74) is 2.96. The van der Waals surface area contributed by atoms with Gasteiger partial charge in [0.25, 0.3) is 5.91 Å². The summed E-state index contributed by atoms with van der Waals surface area (Å²) in [5, 5.41) is 5.58. The van der Waals surface area contributed by atoms with Crippen molar-refractivity contribution in [2.75, 3.05) is 13.1 Å². The van der Waals surface area contributed by atoms with Gasteiger partial charge >= 0.3 is 0 Å². The first-order valence-electron chi connectivity index (χ1n) is 7.62. The molecule has 2 fully saturated rings. The van der Waals surface area contributed by atoms with Crippen molar-refractivity contribution in [1.29, 1.82) is 0 Å². The van der Waals surface area contributed by atoms with Crippen LogP contribution in [0.3, 0.4) is 0 Å². The number of hydrogen-bond acceptors (Lipinski definition) is 4. The maximum atomic E-state index is 12.6. The number of piperidine rings is 1. The molecule has 6 nitrogen and oxygen atoms in total. The van der Waals surface area contributed by atoms with Crippen molar-refractivity contribution in [3.63, 3.8) is 0 Å². The highest BCUT2D eigenvalue weighted by molar-refractivity contribution is 6.05. The molecular formula is C16H17N3O3. The number of carbonyl (C=O) groups excluding carboxylic acids is 3. The minimum absolute atomic E-state index is 0.0985. The predicted molar refractivity (Wildman–Crippen MR) is 78.1 cm³/mol. The van der Waals surface area contributed by atoms with E-state index in [1.807, 2.05) is 12.1 Å². The van der Waals surface area contributed by atoms with Gasteiger partial charge < -0.3 is 10.2 Å². The number of amides is 3. The average Bonchev–Trinajstić information content (AvgIpc) is 2.76. The van der Waals surface area contributed by atoms with Crippen LogP contribution in [0.25, 0.3) is 0 Å². The van der Waals surface area contributed by atoms with E-state index in [9.17, 15) is 14.4 Å². The third-order valence-electron chi connectivity index (χ3n) is 4.84. The fourth-order valence-electron chi connectivity index (χ4n) is 3.50. The molecule has 0 spiro atoms. The van der Waals surface area contributed by atoms with Gasteiger partial charge in [0.2, 0.25) is 11.8 Å². The molecule has 3 amide bonds. The maximum Gasteiger partial charge on any atom is 0.255 e. The van der Waals surface area contributed by atoms with Gasteiger partial charge in [0.1, 0.15) is 6.04 Å². The lowest BCUT2D eigenvalue weighted by Crippen LogP contribution is -2.52. The summed E-state index contributed by atoms with van der Waals surface area (Å²) in [4.78, 5) is 37.6.